The lowest BCUT2D eigenvalue weighted by molar-refractivity contribution is 0.0685. The average molecular weight is 292 g/mol. The average Bonchev–Trinajstić information content (AvgIpc) is 2.87. The van der Waals surface area contributed by atoms with E-state index in [-0.39, 0.29) is 23.2 Å². The lowest BCUT2D eigenvalue weighted by Gasteiger charge is -2.10. The Balaban J connectivity index is 2.35. The minimum atomic E-state index is -1.26. The normalized spacial score (nSPS) is 10.7. The first-order valence-electron chi connectivity index (χ1n) is 6.19. The van der Waals surface area contributed by atoms with Gasteiger partial charge in [-0.3, -0.25) is 4.68 Å². The van der Waals surface area contributed by atoms with Crippen LogP contribution in [0.1, 0.15) is 40.9 Å². The van der Waals surface area contributed by atoms with E-state index in [2.05, 4.69) is 5.10 Å². The Kier molecular flexibility index (Phi) is 4.02. The highest BCUT2D eigenvalue weighted by Gasteiger charge is 2.22. The number of halogens is 1. The molecule has 0 aliphatic heterocycles. The number of carbonyl (C=O) groups is 2. The molecule has 2 rings (SSSR count). The van der Waals surface area contributed by atoms with E-state index in [0.29, 0.717) is 0 Å². The molecule has 0 saturated heterocycles. The van der Waals surface area contributed by atoms with E-state index in [1.165, 1.54) is 22.9 Å². The van der Waals surface area contributed by atoms with Gasteiger partial charge in [-0.25, -0.2) is 14.0 Å². The van der Waals surface area contributed by atoms with Crippen LogP contribution in [-0.2, 0) is 0 Å². The molecule has 110 valence electrons. The van der Waals surface area contributed by atoms with Gasteiger partial charge in [-0.05, 0) is 26.0 Å². The van der Waals surface area contributed by atoms with Gasteiger partial charge >= 0.3 is 11.9 Å². The van der Waals surface area contributed by atoms with Gasteiger partial charge in [-0.2, -0.15) is 5.10 Å². The molecule has 0 unspecified atom stereocenters. The van der Waals surface area contributed by atoms with Crippen molar-refractivity contribution >= 4 is 11.9 Å². The molecule has 0 aliphatic rings. The molecule has 0 fully saturated rings. The molecule has 21 heavy (non-hydrogen) atoms. The maximum absolute atomic E-state index is 13.5. The standard InChI is InChI=1S/C14H13FN2O4/c1-8(2)17-11(7-10(16-17)13(18)19)14(20)21-12-6-4-3-5-9(12)15/h3-8H,1-2H3,(H,18,19). The second-order valence-corrected chi connectivity index (χ2v) is 4.58. The Morgan fingerprint density at radius 1 is 1.33 bits per heavy atom. The molecule has 0 spiro atoms. The quantitative estimate of drug-likeness (QED) is 0.691. The summed E-state index contributed by atoms with van der Waals surface area (Å²) in [6.45, 7) is 3.47. The summed E-state index contributed by atoms with van der Waals surface area (Å²) in [5.74, 6) is -3.03. The summed E-state index contributed by atoms with van der Waals surface area (Å²) in [7, 11) is 0. The third kappa shape index (κ3) is 3.07. The fraction of sp³-hybridized carbons (Fsp3) is 0.214. The summed E-state index contributed by atoms with van der Waals surface area (Å²) in [6.07, 6.45) is 0. The first-order chi connectivity index (χ1) is 9.90. The maximum Gasteiger partial charge on any atom is 0.362 e. The summed E-state index contributed by atoms with van der Waals surface area (Å²) in [6, 6.07) is 6.31. The zero-order chi connectivity index (χ0) is 15.6. The van der Waals surface area contributed by atoms with Gasteiger partial charge in [-0.1, -0.05) is 12.1 Å². The van der Waals surface area contributed by atoms with E-state index in [0.717, 1.165) is 12.1 Å². The number of rotatable bonds is 4. The minimum absolute atomic E-state index is 0.0503. The Hall–Kier alpha value is -2.70. The Morgan fingerprint density at radius 3 is 2.57 bits per heavy atom. The molecule has 1 N–H and O–H groups in total. The maximum atomic E-state index is 13.5. The van der Waals surface area contributed by atoms with E-state index in [1.54, 1.807) is 13.8 Å². The van der Waals surface area contributed by atoms with Crippen molar-refractivity contribution in [3.63, 3.8) is 0 Å². The molecule has 0 aliphatic carbocycles. The van der Waals surface area contributed by atoms with Crippen molar-refractivity contribution in [1.29, 1.82) is 0 Å². The van der Waals surface area contributed by atoms with Gasteiger partial charge in [-0.15, -0.1) is 0 Å². The number of carbonyl (C=O) groups excluding carboxylic acids is 1. The number of para-hydroxylation sites is 1. The van der Waals surface area contributed by atoms with E-state index in [1.807, 2.05) is 0 Å². The predicted octanol–water partition coefficient (Wildman–Crippen LogP) is 2.52. The van der Waals surface area contributed by atoms with Crippen LogP contribution in [0.4, 0.5) is 4.39 Å². The van der Waals surface area contributed by atoms with Crippen LogP contribution in [0, 0.1) is 5.82 Å². The van der Waals surface area contributed by atoms with Crippen LogP contribution >= 0.6 is 0 Å². The summed E-state index contributed by atoms with van der Waals surface area (Å²) in [5, 5.41) is 12.7. The fourth-order valence-corrected chi connectivity index (χ4v) is 1.72. The van der Waals surface area contributed by atoms with E-state index in [9.17, 15) is 14.0 Å². The zero-order valence-electron chi connectivity index (χ0n) is 11.4. The number of benzene rings is 1. The molecule has 2 aromatic rings. The molecule has 1 aromatic carbocycles. The summed E-state index contributed by atoms with van der Waals surface area (Å²) in [5.41, 5.74) is -0.324. The lowest BCUT2D eigenvalue weighted by Crippen LogP contribution is -2.17. The second kappa shape index (κ2) is 5.74. The van der Waals surface area contributed by atoms with Crippen molar-refractivity contribution in [2.24, 2.45) is 0 Å². The SMILES string of the molecule is CC(C)n1nc(C(=O)O)cc1C(=O)Oc1ccccc1F. The molecule has 0 radical (unpaired) electrons. The van der Waals surface area contributed by atoms with Crippen molar-refractivity contribution in [3.05, 3.63) is 47.5 Å². The van der Waals surface area contributed by atoms with Crippen molar-refractivity contribution in [3.8, 4) is 5.75 Å². The van der Waals surface area contributed by atoms with Crippen molar-refractivity contribution < 1.29 is 23.8 Å². The van der Waals surface area contributed by atoms with Gasteiger partial charge in [0.05, 0.1) is 0 Å². The molecular weight excluding hydrogens is 279 g/mol. The Labute approximate surface area is 119 Å². The van der Waals surface area contributed by atoms with E-state index < -0.39 is 17.8 Å². The number of aromatic nitrogens is 2. The number of carboxylic acid groups (broad SMARTS) is 1. The molecule has 1 heterocycles. The first-order valence-corrected chi connectivity index (χ1v) is 6.19. The number of nitrogens with zero attached hydrogens (tertiary/aromatic N) is 2. The molecule has 7 heteroatoms. The monoisotopic (exact) mass is 292 g/mol. The third-order valence-corrected chi connectivity index (χ3v) is 2.69. The lowest BCUT2D eigenvalue weighted by atomic mass is 10.3. The number of esters is 1. The summed E-state index contributed by atoms with van der Waals surface area (Å²) >= 11 is 0. The van der Waals surface area contributed by atoms with Gasteiger partial charge in [0.25, 0.3) is 0 Å². The van der Waals surface area contributed by atoms with Gasteiger partial charge in [0.2, 0.25) is 0 Å². The van der Waals surface area contributed by atoms with Gasteiger partial charge < -0.3 is 9.84 Å². The van der Waals surface area contributed by atoms with Crippen LogP contribution in [0.5, 0.6) is 5.75 Å². The number of hydrogen-bond donors (Lipinski definition) is 1. The molecular formula is C14H13FN2O4. The first kappa shape index (κ1) is 14.7. The number of hydrogen-bond acceptors (Lipinski definition) is 4. The minimum Gasteiger partial charge on any atom is -0.476 e. The third-order valence-electron chi connectivity index (χ3n) is 2.69. The number of ether oxygens (including phenoxy) is 1. The van der Waals surface area contributed by atoms with Gasteiger partial charge in [0.1, 0.15) is 5.69 Å². The summed E-state index contributed by atoms with van der Waals surface area (Å²) in [4.78, 5) is 23.0. The highest BCUT2D eigenvalue weighted by molar-refractivity contribution is 5.93. The molecule has 1 aromatic heterocycles. The molecule has 0 bridgehead atoms. The zero-order valence-corrected chi connectivity index (χ0v) is 11.4. The largest absolute Gasteiger partial charge is 0.476 e. The summed E-state index contributed by atoms with van der Waals surface area (Å²) < 4.78 is 19.6. The Bertz CT molecular complexity index is 694. The molecule has 0 saturated carbocycles. The van der Waals surface area contributed by atoms with Crippen molar-refractivity contribution in [2.75, 3.05) is 0 Å². The topological polar surface area (TPSA) is 81.4 Å². The van der Waals surface area contributed by atoms with Crippen molar-refractivity contribution in [1.82, 2.24) is 9.78 Å². The number of aromatic carboxylic acids is 1. The highest BCUT2D eigenvalue weighted by atomic mass is 19.1. The predicted molar refractivity (Wildman–Crippen MR) is 70.9 cm³/mol. The molecule has 0 amide bonds. The fourth-order valence-electron chi connectivity index (χ4n) is 1.72. The van der Waals surface area contributed by atoms with Crippen LogP contribution in [0.25, 0.3) is 0 Å². The van der Waals surface area contributed by atoms with Crippen LogP contribution < -0.4 is 4.74 Å². The molecule has 0 atom stereocenters. The van der Waals surface area contributed by atoms with Crippen LogP contribution in [0.15, 0.2) is 30.3 Å². The van der Waals surface area contributed by atoms with Crippen molar-refractivity contribution in [2.45, 2.75) is 19.9 Å². The van der Waals surface area contributed by atoms with Gasteiger partial charge in [0.15, 0.2) is 17.3 Å². The van der Waals surface area contributed by atoms with Gasteiger partial charge in [0, 0.05) is 12.1 Å². The van der Waals surface area contributed by atoms with E-state index >= 15 is 0 Å². The van der Waals surface area contributed by atoms with Crippen LogP contribution in [-0.4, -0.2) is 26.8 Å². The second-order valence-electron chi connectivity index (χ2n) is 4.58. The van der Waals surface area contributed by atoms with Crippen LogP contribution in [0.3, 0.4) is 0 Å². The Morgan fingerprint density at radius 2 is 2.00 bits per heavy atom. The molecule has 6 nitrogen and oxygen atoms in total. The smallest absolute Gasteiger partial charge is 0.362 e. The van der Waals surface area contributed by atoms with Crippen LogP contribution in [0.2, 0.25) is 0 Å². The van der Waals surface area contributed by atoms with E-state index in [4.69, 9.17) is 9.84 Å². The number of carboxylic acids is 1. The highest BCUT2D eigenvalue weighted by Crippen LogP contribution is 2.19.